The van der Waals surface area contributed by atoms with Gasteiger partial charge < -0.3 is 5.32 Å². The standard InChI is InChI=1S/C22H19N3O3S2/c1-14-6-11-21(29-14)20-12-18(17-4-2-3-5-19(17)25-20)22(26)24-13-15-7-9-16(10-8-15)30(23,27)28/h2-12H,13H2,1H3,(H,24,26)(H2,23,27,28). The zero-order chi connectivity index (χ0) is 21.3. The average Bonchev–Trinajstić information content (AvgIpc) is 3.17. The number of aromatic nitrogens is 1. The summed E-state index contributed by atoms with van der Waals surface area (Å²) < 4.78 is 22.7. The summed E-state index contributed by atoms with van der Waals surface area (Å²) >= 11 is 1.63. The predicted octanol–water partition coefficient (Wildman–Crippen LogP) is 3.85. The van der Waals surface area contributed by atoms with Crippen LogP contribution in [0.15, 0.2) is 71.6 Å². The molecular formula is C22H19N3O3S2. The number of nitrogens with two attached hydrogens (primary N) is 1. The molecule has 0 spiro atoms. The number of hydrogen-bond acceptors (Lipinski definition) is 5. The fraction of sp³-hybridized carbons (Fsp3) is 0.0909. The number of hydrogen-bond donors (Lipinski definition) is 2. The number of carbonyl (C=O) groups excluding carboxylic acids is 1. The third-order valence-electron chi connectivity index (χ3n) is 4.66. The Hall–Kier alpha value is -3.07. The minimum Gasteiger partial charge on any atom is -0.348 e. The van der Waals surface area contributed by atoms with E-state index in [-0.39, 0.29) is 17.3 Å². The van der Waals surface area contributed by atoms with E-state index in [9.17, 15) is 13.2 Å². The smallest absolute Gasteiger partial charge is 0.252 e. The minimum atomic E-state index is -3.74. The topological polar surface area (TPSA) is 102 Å². The number of carbonyl (C=O) groups is 1. The van der Waals surface area contributed by atoms with Crippen LogP contribution < -0.4 is 10.5 Å². The van der Waals surface area contributed by atoms with E-state index >= 15 is 0 Å². The van der Waals surface area contributed by atoms with Crippen molar-refractivity contribution in [2.45, 2.75) is 18.4 Å². The first kappa shape index (κ1) is 20.2. The van der Waals surface area contributed by atoms with Crippen molar-refractivity contribution in [2.75, 3.05) is 0 Å². The molecule has 2 heterocycles. The van der Waals surface area contributed by atoms with Crippen LogP contribution in [0, 0.1) is 6.92 Å². The predicted molar refractivity (Wildman–Crippen MR) is 119 cm³/mol. The monoisotopic (exact) mass is 437 g/mol. The van der Waals surface area contributed by atoms with Crippen molar-refractivity contribution >= 4 is 38.2 Å². The van der Waals surface area contributed by atoms with E-state index < -0.39 is 10.0 Å². The first-order valence-corrected chi connectivity index (χ1v) is 11.5. The van der Waals surface area contributed by atoms with Crippen LogP contribution >= 0.6 is 11.3 Å². The molecule has 30 heavy (non-hydrogen) atoms. The number of primary sulfonamides is 1. The van der Waals surface area contributed by atoms with Gasteiger partial charge in [-0.2, -0.15) is 0 Å². The van der Waals surface area contributed by atoms with E-state index in [0.717, 1.165) is 27.0 Å². The number of aryl methyl sites for hydroxylation is 1. The maximum atomic E-state index is 13.0. The van der Waals surface area contributed by atoms with Gasteiger partial charge in [-0.05, 0) is 48.9 Å². The third kappa shape index (κ3) is 4.25. The fourth-order valence-corrected chi connectivity index (χ4v) is 4.48. The molecule has 0 radical (unpaired) electrons. The maximum absolute atomic E-state index is 13.0. The largest absolute Gasteiger partial charge is 0.348 e. The normalized spacial score (nSPS) is 11.5. The molecule has 152 valence electrons. The second kappa shape index (κ2) is 7.98. The van der Waals surface area contributed by atoms with Crippen LogP contribution in [0.5, 0.6) is 0 Å². The van der Waals surface area contributed by atoms with Crippen LogP contribution in [0.2, 0.25) is 0 Å². The molecule has 2 aromatic carbocycles. The fourth-order valence-electron chi connectivity index (χ4n) is 3.14. The molecule has 4 rings (SSSR count). The van der Waals surface area contributed by atoms with Gasteiger partial charge in [-0.25, -0.2) is 18.5 Å². The molecule has 4 aromatic rings. The van der Waals surface area contributed by atoms with E-state index in [2.05, 4.69) is 5.32 Å². The lowest BCUT2D eigenvalue weighted by Crippen LogP contribution is -2.23. The number of thiophene rings is 1. The molecule has 0 saturated carbocycles. The number of nitrogens with zero attached hydrogens (tertiary/aromatic N) is 1. The molecule has 0 fully saturated rings. The zero-order valence-corrected chi connectivity index (χ0v) is 17.8. The molecule has 0 atom stereocenters. The van der Waals surface area contributed by atoms with Crippen molar-refractivity contribution in [1.82, 2.24) is 10.3 Å². The van der Waals surface area contributed by atoms with Gasteiger partial charge in [0.25, 0.3) is 5.91 Å². The molecule has 8 heteroatoms. The van der Waals surface area contributed by atoms with Gasteiger partial charge in [-0.3, -0.25) is 4.79 Å². The zero-order valence-electron chi connectivity index (χ0n) is 16.1. The molecule has 0 aliphatic rings. The summed E-state index contributed by atoms with van der Waals surface area (Å²) in [6.07, 6.45) is 0. The lowest BCUT2D eigenvalue weighted by Gasteiger charge is -2.10. The van der Waals surface area contributed by atoms with Crippen molar-refractivity contribution in [3.63, 3.8) is 0 Å². The summed E-state index contributed by atoms with van der Waals surface area (Å²) in [4.78, 5) is 19.9. The number of fused-ring (bicyclic) bond motifs is 1. The SMILES string of the molecule is Cc1ccc(-c2cc(C(=O)NCc3ccc(S(N)(=O)=O)cc3)c3ccccc3n2)s1. The van der Waals surface area contributed by atoms with Gasteiger partial charge >= 0.3 is 0 Å². The highest BCUT2D eigenvalue weighted by atomic mass is 32.2. The Morgan fingerprint density at radius 1 is 1.07 bits per heavy atom. The van der Waals surface area contributed by atoms with Crippen LogP contribution in [0.25, 0.3) is 21.5 Å². The van der Waals surface area contributed by atoms with E-state index in [0.29, 0.717) is 5.56 Å². The molecule has 0 aliphatic carbocycles. The highest BCUT2D eigenvalue weighted by Crippen LogP contribution is 2.29. The molecule has 6 nitrogen and oxygen atoms in total. The quantitative estimate of drug-likeness (QED) is 0.495. The Labute approximate surface area is 178 Å². The summed E-state index contributed by atoms with van der Waals surface area (Å²) in [5.74, 6) is -0.223. The summed E-state index contributed by atoms with van der Waals surface area (Å²) in [6.45, 7) is 2.29. The van der Waals surface area contributed by atoms with Gasteiger partial charge in [0.1, 0.15) is 0 Å². The average molecular weight is 438 g/mol. The van der Waals surface area contributed by atoms with Gasteiger partial charge in [-0.15, -0.1) is 11.3 Å². The third-order valence-corrected chi connectivity index (χ3v) is 6.61. The van der Waals surface area contributed by atoms with Gasteiger partial charge in [-0.1, -0.05) is 30.3 Å². The van der Waals surface area contributed by atoms with Gasteiger partial charge in [0.15, 0.2) is 0 Å². The van der Waals surface area contributed by atoms with Gasteiger partial charge in [0.05, 0.1) is 26.5 Å². The Morgan fingerprint density at radius 2 is 1.80 bits per heavy atom. The van der Waals surface area contributed by atoms with Crippen LogP contribution in [0.4, 0.5) is 0 Å². The van der Waals surface area contributed by atoms with Gasteiger partial charge in [0.2, 0.25) is 10.0 Å². The van der Waals surface area contributed by atoms with E-state index in [1.807, 2.05) is 49.4 Å². The number of rotatable bonds is 5. The van der Waals surface area contributed by atoms with Crippen molar-refractivity contribution in [2.24, 2.45) is 5.14 Å². The number of benzene rings is 2. The Balaban J connectivity index is 1.62. The summed E-state index contributed by atoms with van der Waals surface area (Å²) in [7, 11) is -3.74. The van der Waals surface area contributed by atoms with Crippen LogP contribution in [0.3, 0.4) is 0 Å². The molecule has 0 bridgehead atoms. The van der Waals surface area contributed by atoms with E-state index in [1.165, 1.54) is 17.0 Å². The van der Waals surface area contributed by atoms with Gasteiger partial charge in [0, 0.05) is 16.8 Å². The van der Waals surface area contributed by atoms with Crippen molar-refractivity contribution in [3.8, 4) is 10.6 Å². The molecule has 1 amide bonds. The lowest BCUT2D eigenvalue weighted by molar-refractivity contribution is 0.0952. The van der Waals surface area contributed by atoms with Crippen LogP contribution in [0.1, 0.15) is 20.8 Å². The highest BCUT2D eigenvalue weighted by molar-refractivity contribution is 7.89. The molecular weight excluding hydrogens is 418 g/mol. The molecule has 2 aromatic heterocycles. The summed E-state index contributed by atoms with van der Waals surface area (Å²) in [6, 6.07) is 19.5. The molecule has 0 saturated heterocycles. The summed E-state index contributed by atoms with van der Waals surface area (Å²) in [5.41, 5.74) is 2.82. The molecule has 0 aliphatic heterocycles. The second-order valence-electron chi connectivity index (χ2n) is 6.85. The highest BCUT2D eigenvalue weighted by Gasteiger charge is 2.15. The molecule has 0 unspecified atom stereocenters. The lowest BCUT2D eigenvalue weighted by atomic mass is 10.1. The van der Waals surface area contributed by atoms with E-state index in [4.69, 9.17) is 10.1 Å². The Morgan fingerprint density at radius 3 is 2.47 bits per heavy atom. The number of nitrogens with one attached hydrogen (secondary N) is 1. The van der Waals surface area contributed by atoms with Crippen molar-refractivity contribution < 1.29 is 13.2 Å². The minimum absolute atomic E-state index is 0.0357. The second-order valence-corrected chi connectivity index (χ2v) is 9.70. The number of para-hydroxylation sites is 1. The Bertz CT molecular complexity index is 1340. The van der Waals surface area contributed by atoms with E-state index in [1.54, 1.807) is 23.5 Å². The van der Waals surface area contributed by atoms with Crippen molar-refractivity contribution in [3.05, 3.63) is 82.7 Å². The first-order valence-electron chi connectivity index (χ1n) is 9.18. The number of amides is 1. The molecule has 3 N–H and O–H groups in total. The number of sulfonamides is 1. The number of pyridine rings is 1. The summed E-state index contributed by atoms with van der Waals surface area (Å²) in [5, 5.41) is 8.80. The van der Waals surface area contributed by atoms with Crippen LogP contribution in [-0.2, 0) is 16.6 Å². The maximum Gasteiger partial charge on any atom is 0.252 e. The first-order chi connectivity index (χ1) is 14.3. The van der Waals surface area contributed by atoms with Crippen LogP contribution in [-0.4, -0.2) is 19.3 Å². The Kier molecular flexibility index (Phi) is 5.38. The van der Waals surface area contributed by atoms with Crippen molar-refractivity contribution in [1.29, 1.82) is 0 Å².